The number of carbonyl (C=O) groups is 1. The predicted octanol–water partition coefficient (Wildman–Crippen LogP) is 4.76. The number of benzene rings is 2. The van der Waals surface area contributed by atoms with E-state index in [1.54, 1.807) is 30.3 Å². The van der Waals surface area contributed by atoms with Gasteiger partial charge in [-0.15, -0.1) is 0 Å². The standard InChI is InChI=1S/C20H17F3N4O4S/c1-31-14-7-8-15(16(9-14)27(29)30)25-18(28)11-32-19-24-10-17(13-5-3-2-4-6-13)26(19)12-20(21,22)23/h2-10H,11-12H2,1H3,(H,25,28). The molecule has 0 saturated carbocycles. The zero-order valence-corrected chi connectivity index (χ0v) is 17.4. The molecule has 1 heterocycles. The van der Waals surface area contributed by atoms with Crippen molar-refractivity contribution >= 4 is 29.0 Å². The molecule has 0 bridgehead atoms. The first-order valence-corrected chi connectivity index (χ1v) is 10.1. The molecule has 1 aromatic heterocycles. The van der Waals surface area contributed by atoms with Gasteiger partial charge in [0.05, 0.1) is 35.7 Å². The number of rotatable bonds is 8. The van der Waals surface area contributed by atoms with Crippen LogP contribution in [-0.2, 0) is 11.3 Å². The first-order valence-electron chi connectivity index (χ1n) is 9.10. The van der Waals surface area contributed by atoms with E-state index in [0.29, 0.717) is 5.56 Å². The van der Waals surface area contributed by atoms with E-state index in [9.17, 15) is 28.1 Å². The maximum Gasteiger partial charge on any atom is 0.406 e. The number of nitrogens with one attached hydrogen (secondary N) is 1. The summed E-state index contributed by atoms with van der Waals surface area (Å²) in [5.41, 5.74) is 0.392. The van der Waals surface area contributed by atoms with Gasteiger partial charge in [-0.25, -0.2) is 4.98 Å². The fourth-order valence-corrected chi connectivity index (χ4v) is 3.64. The van der Waals surface area contributed by atoms with Crippen LogP contribution in [0.2, 0.25) is 0 Å². The number of hydrogen-bond donors (Lipinski definition) is 1. The van der Waals surface area contributed by atoms with Crippen molar-refractivity contribution in [1.29, 1.82) is 0 Å². The number of carbonyl (C=O) groups excluding carboxylic acids is 1. The Labute approximate surface area is 184 Å². The molecule has 2 aromatic carbocycles. The highest BCUT2D eigenvalue weighted by Crippen LogP contribution is 2.31. The Morgan fingerprint density at radius 2 is 1.97 bits per heavy atom. The van der Waals surface area contributed by atoms with Gasteiger partial charge in [-0.05, 0) is 17.7 Å². The molecule has 1 N–H and O–H groups in total. The van der Waals surface area contributed by atoms with Crippen LogP contribution in [0.1, 0.15) is 0 Å². The average Bonchev–Trinajstić information content (AvgIpc) is 3.13. The van der Waals surface area contributed by atoms with E-state index in [1.807, 2.05) is 0 Å². The molecule has 1 amide bonds. The van der Waals surface area contributed by atoms with Crippen LogP contribution >= 0.6 is 11.8 Å². The van der Waals surface area contributed by atoms with Crippen LogP contribution < -0.4 is 10.1 Å². The Kier molecular flexibility index (Phi) is 7.03. The summed E-state index contributed by atoms with van der Waals surface area (Å²) in [4.78, 5) is 27.0. The van der Waals surface area contributed by atoms with Crippen molar-refractivity contribution in [1.82, 2.24) is 9.55 Å². The minimum atomic E-state index is -4.49. The number of thioether (sulfide) groups is 1. The van der Waals surface area contributed by atoms with Gasteiger partial charge in [-0.3, -0.25) is 14.9 Å². The molecule has 3 rings (SSSR count). The second-order valence-corrected chi connectivity index (χ2v) is 7.41. The highest BCUT2D eigenvalue weighted by atomic mass is 32.2. The maximum atomic E-state index is 13.2. The van der Waals surface area contributed by atoms with Gasteiger partial charge in [0.15, 0.2) is 5.16 Å². The Balaban J connectivity index is 1.78. The number of methoxy groups -OCH3 is 1. The largest absolute Gasteiger partial charge is 0.496 e. The maximum absolute atomic E-state index is 13.2. The summed E-state index contributed by atoms with van der Waals surface area (Å²) in [6, 6.07) is 12.4. The van der Waals surface area contributed by atoms with Crippen molar-refractivity contribution in [2.24, 2.45) is 0 Å². The van der Waals surface area contributed by atoms with Gasteiger partial charge in [-0.1, -0.05) is 42.1 Å². The number of aromatic nitrogens is 2. The van der Waals surface area contributed by atoms with Gasteiger partial charge >= 0.3 is 6.18 Å². The fourth-order valence-electron chi connectivity index (χ4n) is 2.86. The highest BCUT2D eigenvalue weighted by molar-refractivity contribution is 7.99. The van der Waals surface area contributed by atoms with Crippen molar-refractivity contribution in [3.63, 3.8) is 0 Å². The summed E-state index contributed by atoms with van der Waals surface area (Å²) in [5.74, 6) is -0.690. The summed E-state index contributed by atoms with van der Waals surface area (Å²) in [6.07, 6.45) is -3.18. The molecule has 12 heteroatoms. The van der Waals surface area contributed by atoms with E-state index in [-0.39, 0.29) is 33.7 Å². The molecule has 8 nitrogen and oxygen atoms in total. The van der Waals surface area contributed by atoms with Crippen LogP contribution in [0.5, 0.6) is 5.75 Å². The zero-order valence-electron chi connectivity index (χ0n) is 16.6. The van der Waals surface area contributed by atoms with Crippen molar-refractivity contribution in [3.8, 4) is 17.0 Å². The number of nitro groups is 1. The number of halogens is 3. The molecule has 0 fully saturated rings. The smallest absolute Gasteiger partial charge is 0.406 e. The van der Waals surface area contributed by atoms with Crippen molar-refractivity contribution < 1.29 is 27.6 Å². The Bertz CT molecular complexity index is 1120. The van der Waals surface area contributed by atoms with Gasteiger partial charge in [0.25, 0.3) is 5.69 Å². The second kappa shape index (κ2) is 9.73. The Hall–Kier alpha value is -3.54. The summed E-state index contributed by atoms with van der Waals surface area (Å²) < 4.78 is 45.4. The number of ether oxygens (including phenoxy) is 1. The van der Waals surface area contributed by atoms with Crippen LogP contribution in [0.4, 0.5) is 24.5 Å². The molecule has 32 heavy (non-hydrogen) atoms. The molecule has 0 unspecified atom stereocenters. The lowest BCUT2D eigenvalue weighted by Gasteiger charge is -2.14. The first-order chi connectivity index (χ1) is 15.2. The molecule has 0 radical (unpaired) electrons. The monoisotopic (exact) mass is 466 g/mol. The molecule has 0 aliphatic heterocycles. The van der Waals surface area contributed by atoms with Crippen molar-refractivity contribution in [2.45, 2.75) is 17.9 Å². The molecule has 0 saturated heterocycles. The number of hydrogen-bond acceptors (Lipinski definition) is 6. The van der Waals surface area contributed by atoms with E-state index in [0.717, 1.165) is 22.4 Å². The minimum absolute atomic E-state index is 0.000517. The number of amides is 1. The van der Waals surface area contributed by atoms with Crippen LogP contribution in [-0.4, -0.2) is 39.4 Å². The number of alkyl halides is 3. The van der Waals surface area contributed by atoms with Gasteiger partial charge in [0.2, 0.25) is 5.91 Å². The third-order valence-corrected chi connectivity index (χ3v) is 5.22. The number of nitrogens with zero attached hydrogens (tertiary/aromatic N) is 3. The van der Waals surface area contributed by atoms with Crippen LogP contribution in [0, 0.1) is 10.1 Å². The molecule has 0 spiro atoms. The Morgan fingerprint density at radius 3 is 2.59 bits per heavy atom. The van der Waals surface area contributed by atoms with E-state index in [4.69, 9.17) is 4.74 Å². The second-order valence-electron chi connectivity index (χ2n) is 6.47. The molecule has 3 aromatic rings. The Morgan fingerprint density at radius 1 is 1.25 bits per heavy atom. The zero-order chi connectivity index (χ0) is 23.3. The third kappa shape index (κ3) is 5.78. The molecular formula is C20H17F3N4O4S. The highest BCUT2D eigenvalue weighted by Gasteiger charge is 2.31. The summed E-state index contributed by atoms with van der Waals surface area (Å²) in [6.45, 7) is -1.27. The molecule has 168 valence electrons. The number of imidazole rings is 1. The molecular weight excluding hydrogens is 449 g/mol. The van der Waals surface area contributed by atoms with E-state index < -0.39 is 23.6 Å². The third-order valence-electron chi connectivity index (χ3n) is 4.23. The van der Waals surface area contributed by atoms with Crippen LogP contribution in [0.3, 0.4) is 0 Å². The lowest BCUT2D eigenvalue weighted by molar-refractivity contribution is -0.384. The fraction of sp³-hybridized carbons (Fsp3) is 0.200. The van der Waals surface area contributed by atoms with Crippen molar-refractivity contribution in [2.75, 3.05) is 18.2 Å². The minimum Gasteiger partial charge on any atom is -0.496 e. The van der Waals surface area contributed by atoms with Crippen LogP contribution in [0.15, 0.2) is 59.9 Å². The average molecular weight is 466 g/mol. The topological polar surface area (TPSA) is 99.3 Å². The number of nitro benzene ring substituents is 1. The lowest BCUT2D eigenvalue weighted by atomic mass is 10.2. The van der Waals surface area contributed by atoms with E-state index in [2.05, 4.69) is 10.3 Å². The normalized spacial score (nSPS) is 11.2. The van der Waals surface area contributed by atoms with Gasteiger partial charge in [0, 0.05) is 0 Å². The molecule has 0 aliphatic rings. The van der Waals surface area contributed by atoms with Gasteiger partial charge in [-0.2, -0.15) is 13.2 Å². The number of anilines is 1. The quantitative estimate of drug-likeness (QED) is 0.292. The molecule has 0 atom stereocenters. The first kappa shape index (κ1) is 23.1. The summed E-state index contributed by atoms with van der Waals surface area (Å²) in [5, 5.41) is 13.6. The summed E-state index contributed by atoms with van der Waals surface area (Å²) >= 11 is 0.798. The summed E-state index contributed by atoms with van der Waals surface area (Å²) in [7, 11) is 1.35. The lowest BCUT2D eigenvalue weighted by Crippen LogP contribution is -2.20. The van der Waals surface area contributed by atoms with E-state index >= 15 is 0 Å². The van der Waals surface area contributed by atoms with Gasteiger partial charge in [0.1, 0.15) is 18.0 Å². The van der Waals surface area contributed by atoms with Crippen molar-refractivity contribution in [3.05, 3.63) is 64.8 Å². The molecule has 0 aliphatic carbocycles. The predicted molar refractivity (Wildman–Crippen MR) is 113 cm³/mol. The van der Waals surface area contributed by atoms with E-state index in [1.165, 1.54) is 25.4 Å². The van der Waals surface area contributed by atoms with Gasteiger partial charge < -0.3 is 14.6 Å². The van der Waals surface area contributed by atoms with Crippen LogP contribution in [0.25, 0.3) is 11.3 Å². The SMILES string of the molecule is COc1ccc(NC(=O)CSc2ncc(-c3ccccc3)n2CC(F)(F)F)c([N+](=O)[O-])c1.